The zero-order chi connectivity index (χ0) is 17.3. The van der Waals surface area contributed by atoms with Crippen molar-refractivity contribution in [2.75, 3.05) is 44.3 Å². The maximum Gasteiger partial charge on any atom is 0.138 e. The van der Waals surface area contributed by atoms with E-state index in [0.717, 1.165) is 69.6 Å². The summed E-state index contributed by atoms with van der Waals surface area (Å²) in [5.74, 6) is 2.00. The quantitative estimate of drug-likeness (QED) is 0.854. The average molecular weight is 342 g/mol. The second kappa shape index (κ2) is 6.77. The lowest BCUT2D eigenvalue weighted by Gasteiger charge is -2.32. The van der Waals surface area contributed by atoms with E-state index in [-0.39, 0.29) is 5.41 Å². The standard InChI is InChI=1S/C19H26N4O2/c1-15-17(16(2)25-21-15)11-22-9-10-24-14-19(12-22)6-8-23(13-19)18-5-3-4-7-20-18/h3-5,7H,6,8-14H2,1-2H3/t19-/m1/s1. The molecule has 2 aromatic rings. The smallest absolute Gasteiger partial charge is 0.138 e. The highest BCUT2D eigenvalue weighted by atomic mass is 16.5. The molecule has 0 aromatic carbocycles. The molecule has 2 aliphatic heterocycles. The van der Waals surface area contributed by atoms with E-state index in [9.17, 15) is 0 Å². The molecule has 0 aliphatic carbocycles. The maximum absolute atomic E-state index is 6.00. The van der Waals surface area contributed by atoms with Gasteiger partial charge in [-0.2, -0.15) is 0 Å². The maximum atomic E-state index is 6.00. The van der Waals surface area contributed by atoms with Gasteiger partial charge in [-0.25, -0.2) is 4.98 Å². The third-order valence-electron chi connectivity index (χ3n) is 5.49. The van der Waals surface area contributed by atoms with Gasteiger partial charge < -0.3 is 14.2 Å². The Morgan fingerprint density at radius 2 is 2.12 bits per heavy atom. The molecule has 6 nitrogen and oxygen atoms in total. The lowest BCUT2D eigenvalue weighted by Crippen LogP contribution is -2.40. The fourth-order valence-corrected chi connectivity index (χ4v) is 4.09. The Kier molecular flexibility index (Phi) is 4.48. The highest BCUT2D eigenvalue weighted by molar-refractivity contribution is 5.40. The molecule has 0 bridgehead atoms. The number of hydrogen-bond donors (Lipinski definition) is 0. The molecule has 0 unspecified atom stereocenters. The minimum Gasteiger partial charge on any atom is -0.379 e. The third-order valence-corrected chi connectivity index (χ3v) is 5.49. The first-order valence-corrected chi connectivity index (χ1v) is 9.03. The predicted octanol–water partition coefficient (Wildman–Crippen LogP) is 2.42. The summed E-state index contributed by atoms with van der Waals surface area (Å²) >= 11 is 0. The van der Waals surface area contributed by atoms with Crippen LogP contribution in [-0.2, 0) is 11.3 Å². The van der Waals surface area contributed by atoms with Gasteiger partial charge >= 0.3 is 0 Å². The molecule has 2 saturated heterocycles. The van der Waals surface area contributed by atoms with Crippen molar-refractivity contribution >= 4 is 5.82 Å². The molecule has 0 amide bonds. The van der Waals surface area contributed by atoms with Crippen molar-refractivity contribution in [3.05, 3.63) is 41.4 Å². The Hall–Kier alpha value is -1.92. The summed E-state index contributed by atoms with van der Waals surface area (Å²) < 4.78 is 11.3. The summed E-state index contributed by atoms with van der Waals surface area (Å²) in [4.78, 5) is 9.41. The lowest BCUT2D eigenvalue weighted by molar-refractivity contribution is 0.0798. The van der Waals surface area contributed by atoms with Crippen molar-refractivity contribution < 1.29 is 9.26 Å². The van der Waals surface area contributed by atoms with Gasteiger partial charge in [0.05, 0.1) is 18.9 Å². The molecule has 2 aliphatic rings. The van der Waals surface area contributed by atoms with E-state index in [1.165, 1.54) is 5.56 Å². The molecule has 0 N–H and O–H groups in total. The van der Waals surface area contributed by atoms with E-state index < -0.39 is 0 Å². The molecule has 4 heterocycles. The summed E-state index contributed by atoms with van der Waals surface area (Å²) in [7, 11) is 0. The van der Waals surface area contributed by atoms with E-state index in [2.05, 4.69) is 32.1 Å². The van der Waals surface area contributed by atoms with Gasteiger partial charge in [0.15, 0.2) is 0 Å². The van der Waals surface area contributed by atoms with Crippen LogP contribution in [0.25, 0.3) is 0 Å². The number of ether oxygens (including phenoxy) is 1. The van der Waals surface area contributed by atoms with Crippen LogP contribution in [0, 0.1) is 19.3 Å². The monoisotopic (exact) mass is 342 g/mol. The second-order valence-corrected chi connectivity index (χ2v) is 7.43. The number of hydrogen-bond acceptors (Lipinski definition) is 6. The largest absolute Gasteiger partial charge is 0.379 e. The fourth-order valence-electron chi connectivity index (χ4n) is 4.09. The molecular formula is C19H26N4O2. The molecule has 134 valence electrons. The Morgan fingerprint density at radius 1 is 1.20 bits per heavy atom. The normalized spacial score (nSPS) is 24.8. The average Bonchev–Trinajstić information content (AvgIpc) is 3.10. The molecule has 4 rings (SSSR count). The SMILES string of the molecule is Cc1noc(C)c1CN1CCOC[C@]2(CCN(c3ccccn3)C2)C1. The summed E-state index contributed by atoms with van der Waals surface area (Å²) in [6, 6.07) is 6.12. The molecule has 1 spiro atoms. The summed E-state index contributed by atoms with van der Waals surface area (Å²) in [5, 5.41) is 4.10. The van der Waals surface area contributed by atoms with E-state index in [4.69, 9.17) is 9.26 Å². The van der Waals surface area contributed by atoms with Gasteiger partial charge in [-0.1, -0.05) is 11.2 Å². The fraction of sp³-hybridized carbons (Fsp3) is 0.579. The zero-order valence-corrected chi connectivity index (χ0v) is 15.1. The van der Waals surface area contributed by atoms with Crippen LogP contribution in [0.2, 0.25) is 0 Å². The van der Waals surface area contributed by atoms with E-state index in [0.29, 0.717) is 0 Å². The van der Waals surface area contributed by atoms with Crippen molar-refractivity contribution in [3.63, 3.8) is 0 Å². The molecule has 0 saturated carbocycles. The van der Waals surface area contributed by atoms with Crippen LogP contribution in [0.15, 0.2) is 28.9 Å². The Morgan fingerprint density at radius 3 is 2.88 bits per heavy atom. The number of nitrogens with zero attached hydrogens (tertiary/aromatic N) is 4. The van der Waals surface area contributed by atoms with Crippen molar-refractivity contribution in [1.29, 1.82) is 0 Å². The van der Waals surface area contributed by atoms with Crippen molar-refractivity contribution in [2.24, 2.45) is 5.41 Å². The number of pyridine rings is 1. The van der Waals surface area contributed by atoms with Gasteiger partial charge in [0.2, 0.25) is 0 Å². The molecule has 2 fully saturated rings. The van der Waals surface area contributed by atoms with Gasteiger partial charge in [0.1, 0.15) is 11.6 Å². The molecule has 1 atom stereocenters. The van der Waals surface area contributed by atoms with Gasteiger partial charge in [-0.05, 0) is 32.4 Å². The number of anilines is 1. The van der Waals surface area contributed by atoms with Crippen molar-refractivity contribution in [2.45, 2.75) is 26.8 Å². The van der Waals surface area contributed by atoms with Crippen LogP contribution in [-0.4, -0.2) is 54.4 Å². The van der Waals surface area contributed by atoms with Crippen molar-refractivity contribution in [1.82, 2.24) is 15.0 Å². The first kappa shape index (κ1) is 16.5. The van der Waals surface area contributed by atoms with Crippen LogP contribution >= 0.6 is 0 Å². The summed E-state index contributed by atoms with van der Waals surface area (Å²) in [5.41, 5.74) is 2.39. The minimum atomic E-state index is 0.174. The van der Waals surface area contributed by atoms with Gasteiger partial charge in [0, 0.05) is 49.9 Å². The zero-order valence-electron chi connectivity index (χ0n) is 15.1. The third kappa shape index (κ3) is 3.41. The van der Waals surface area contributed by atoms with Crippen LogP contribution in [0.5, 0.6) is 0 Å². The Bertz CT molecular complexity index is 698. The molecule has 2 aromatic heterocycles. The first-order chi connectivity index (χ1) is 12.2. The summed E-state index contributed by atoms with van der Waals surface area (Å²) in [6.45, 7) is 10.6. The van der Waals surface area contributed by atoms with E-state index >= 15 is 0 Å². The Balaban J connectivity index is 1.49. The summed E-state index contributed by atoms with van der Waals surface area (Å²) in [6.07, 6.45) is 3.01. The van der Waals surface area contributed by atoms with E-state index in [1.807, 2.05) is 26.1 Å². The van der Waals surface area contributed by atoms with Gasteiger partial charge in [0.25, 0.3) is 0 Å². The van der Waals surface area contributed by atoms with Crippen molar-refractivity contribution in [3.8, 4) is 0 Å². The highest BCUT2D eigenvalue weighted by Gasteiger charge is 2.41. The molecule has 6 heteroatoms. The predicted molar refractivity (Wildman–Crippen MR) is 95.6 cm³/mol. The highest BCUT2D eigenvalue weighted by Crippen LogP contribution is 2.35. The minimum absolute atomic E-state index is 0.174. The lowest BCUT2D eigenvalue weighted by atomic mass is 9.87. The first-order valence-electron chi connectivity index (χ1n) is 9.03. The molecule has 0 radical (unpaired) electrons. The van der Waals surface area contributed by atoms with Crippen LogP contribution in [0.3, 0.4) is 0 Å². The molecule has 25 heavy (non-hydrogen) atoms. The van der Waals surface area contributed by atoms with E-state index in [1.54, 1.807) is 0 Å². The number of aromatic nitrogens is 2. The van der Waals surface area contributed by atoms with Gasteiger partial charge in [-0.15, -0.1) is 0 Å². The van der Waals surface area contributed by atoms with Crippen LogP contribution < -0.4 is 4.90 Å². The van der Waals surface area contributed by atoms with Crippen LogP contribution in [0.1, 0.15) is 23.4 Å². The second-order valence-electron chi connectivity index (χ2n) is 7.43. The number of rotatable bonds is 3. The topological polar surface area (TPSA) is 54.6 Å². The Labute approximate surface area is 148 Å². The molecular weight excluding hydrogens is 316 g/mol. The van der Waals surface area contributed by atoms with Gasteiger partial charge in [-0.3, -0.25) is 4.90 Å². The van der Waals surface area contributed by atoms with Crippen LogP contribution in [0.4, 0.5) is 5.82 Å². The number of aryl methyl sites for hydroxylation is 2.